The third-order valence-corrected chi connectivity index (χ3v) is 4.12. The molecule has 1 fully saturated rings. The number of amides is 1. The van der Waals surface area contributed by atoms with Gasteiger partial charge < -0.3 is 16.0 Å². The number of nitrogens with zero attached hydrogens (tertiary/aromatic N) is 1. The van der Waals surface area contributed by atoms with Gasteiger partial charge in [-0.05, 0) is 56.1 Å². The van der Waals surface area contributed by atoms with E-state index in [0.29, 0.717) is 19.0 Å². The van der Waals surface area contributed by atoms with Crippen molar-refractivity contribution >= 4 is 11.6 Å². The van der Waals surface area contributed by atoms with Gasteiger partial charge in [0.15, 0.2) is 0 Å². The number of nitrogens with two attached hydrogens (primary N) is 1. The van der Waals surface area contributed by atoms with Crippen LogP contribution in [0.4, 0.5) is 5.69 Å². The second kappa shape index (κ2) is 5.31. The van der Waals surface area contributed by atoms with E-state index in [0.717, 1.165) is 38.0 Å². The standard InChI is InChI=1S/C15H21N3O/c16-6-3-11-1-2-14-12(9-11)10-15(19)18(14)13-4-7-17-8-5-13/h1-2,9,13,17H,3-8,10,16H2. The van der Waals surface area contributed by atoms with Crippen molar-refractivity contribution in [2.75, 3.05) is 24.5 Å². The van der Waals surface area contributed by atoms with Gasteiger partial charge in [0.25, 0.3) is 0 Å². The first kappa shape index (κ1) is 12.6. The van der Waals surface area contributed by atoms with Crippen LogP contribution in [0.1, 0.15) is 24.0 Å². The Balaban J connectivity index is 1.86. The zero-order chi connectivity index (χ0) is 13.2. The van der Waals surface area contributed by atoms with Gasteiger partial charge in [0.05, 0.1) is 6.42 Å². The summed E-state index contributed by atoms with van der Waals surface area (Å²) in [6, 6.07) is 6.74. The average Bonchev–Trinajstić information content (AvgIpc) is 2.75. The molecule has 0 saturated carbocycles. The van der Waals surface area contributed by atoms with Crippen molar-refractivity contribution in [3.63, 3.8) is 0 Å². The summed E-state index contributed by atoms with van der Waals surface area (Å²) in [5.74, 6) is 0.256. The maximum absolute atomic E-state index is 12.3. The second-order valence-corrected chi connectivity index (χ2v) is 5.42. The number of carbonyl (C=O) groups excluding carboxylic acids is 1. The molecule has 1 aromatic carbocycles. The van der Waals surface area contributed by atoms with Gasteiger partial charge >= 0.3 is 0 Å². The van der Waals surface area contributed by atoms with Crippen LogP contribution >= 0.6 is 0 Å². The lowest BCUT2D eigenvalue weighted by Crippen LogP contribution is -2.44. The average molecular weight is 259 g/mol. The molecule has 0 spiro atoms. The number of rotatable bonds is 3. The van der Waals surface area contributed by atoms with Gasteiger partial charge in [-0.15, -0.1) is 0 Å². The number of piperidine rings is 1. The zero-order valence-electron chi connectivity index (χ0n) is 11.2. The van der Waals surface area contributed by atoms with Crippen molar-refractivity contribution in [3.05, 3.63) is 29.3 Å². The van der Waals surface area contributed by atoms with E-state index < -0.39 is 0 Å². The maximum atomic E-state index is 12.3. The van der Waals surface area contributed by atoms with Crippen LogP contribution < -0.4 is 16.0 Å². The lowest BCUT2D eigenvalue weighted by atomic mass is 10.0. The molecule has 0 aliphatic carbocycles. The summed E-state index contributed by atoms with van der Waals surface area (Å²) in [7, 11) is 0. The smallest absolute Gasteiger partial charge is 0.231 e. The van der Waals surface area contributed by atoms with E-state index in [1.165, 1.54) is 11.1 Å². The van der Waals surface area contributed by atoms with E-state index >= 15 is 0 Å². The first-order valence-corrected chi connectivity index (χ1v) is 7.14. The monoisotopic (exact) mass is 259 g/mol. The molecule has 2 aliphatic heterocycles. The normalized spacial score (nSPS) is 19.8. The Morgan fingerprint density at radius 1 is 1.32 bits per heavy atom. The number of hydrogen-bond donors (Lipinski definition) is 2. The largest absolute Gasteiger partial charge is 0.330 e. The molecule has 0 unspecified atom stereocenters. The van der Waals surface area contributed by atoms with Crippen molar-refractivity contribution in [2.45, 2.75) is 31.7 Å². The molecule has 1 amide bonds. The summed E-state index contributed by atoms with van der Waals surface area (Å²) in [6.07, 6.45) is 3.54. The molecule has 4 nitrogen and oxygen atoms in total. The van der Waals surface area contributed by atoms with Crippen LogP contribution in [0, 0.1) is 0 Å². The Kier molecular flexibility index (Phi) is 3.53. The molecule has 0 bridgehead atoms. The minimum absolute atomic E-state index is 0.256. The Hall–Kier alpha value is -1.39. The molecule has 1 aromatic rings. The Morgan fingerprint density at radius 2 is 2.11 bits per heavy atom. The van der Waals surface area contributed by atoms with Gasteiger partial charge in [-0.1, -0.05) is 12.1 Å². The van der Waals surface area contributed by atoms with Crippen molar-refractivity contribution in [1.82, 2.24) is 5.32 Å². The third kappa shape index (κ3) is 2.38. The van der Waals surface area contributed by atoms with Gasteiger partial charge in [0.1, 0.15) is 0 Å². The molecule has 19 heavy (non-hydrogen) atoms. The summed E-state index contributed by atoms with van der Waals surface area (Å²) in [6.45, 7) is 2.68. The molecule has 0 radical (unpaired) electrons. The topological polar surface area (TPSA) is 58.4 Å². The van der Waals surface area contributed by atoms with Crippen molar-refractivity contribution in [3.8, 4) is 0 Å². The Labute approximate surface area is 114 Å². The van der Waals surface area contributed by atoms with E-state index in [-0.39, 0.29) is 5.91 Å². The quantitative estimate of drug-likeness (QED) is 0.845. The fourth-order valence-electron chi connectivity index (χ4n) is 3.19. The summed E-state index contributed by atoms with van der Waals surface area (Å²) in [5, 5.41) is 3.35. The van der Waals surface area contributed by atoms with Crippen LogP contribution in [0.3, 0.4) is 0 Å². The highest BCUT2D eigenvalue weighted by Crippen LogP contribution is 2.33. The lowest BCUT2D eigenvalue weighted by Gasteiger charge is -2.32. The number of fused-ring (bicyclic) bond motifs is 1. The van der Waals surface area contributed by atoms with Crippen molar-refractivity contribution < 1.29 is 4.79 Å². The van der Waals surface area contributed by atoms with E-state index in [1.807, 2.05) is 4.90 Å². The molecule has 102 valence electrons. The summed E-state index contributed by atoms with van der Waals surface area (Å²) < 4.78 is 0. The predicted molar refractivity (Wildman–Crippen MR) is 76.3 cm³/mol. The summed E-state index contributed by atoms with van der Waals surface area (Å²) in [4.78, 5) is 14.3. The number of carbonyl (C=O) groups is 1. The summed E-state index contributed by atoms with van der Waals surface area (Å²) >= 11 is 0. The van der Waals surface area contributed by atoms with Crippen LogP contribution in [0.15, 0.2) is 18.2 Å². The van der Waals surface area contributed by atoms with Crippen molar-refractivity contribution in [2.24, 2.45) is 5.73 Å². The van der Waals surface area contributed by atoms with E-state index in [9.17, 15) is 4.79 Å². The number of anilines is 1. The molecule has 3 N–H and O–H groups in total. The fourth-order valence-corrected chi connectivity index (χ4v) is 3.19. The summed E-state index contributed by atoms with van der Waals surface area (Å²) in [5.41, 5.74) is 9.13. The molecule has 0 aromatic heterocycles. The van der Waals surface area contributed by atoms with Gasteiger partial charge in [0.2, 0.25) is 5.91 Å². The molecule has 0 atom stereocenters. The first-order chi connectivity index (χ1) is 9.29. The molecular weight excluding hydrogens is 238 g/mol. The number of nitrogens with one attached hydrogen (secondary N) is 1. The molecule has 2 aliphatic rings. The lowest BCUT2D eigenvalue weighted by molar-refractivity contribution is -0.117. The highest BCUT2D eigenvalue weighted by molar-refractivity contribution is 6.02. The fraction of sp³-hybridized carbons (Fsp3) is 0.533. The molecule has 3 rings (SSSR count). The van der Waals surface area contributed by atoms with Crippen LogP contribution in [0.2, 0.25) is 0 Å². The number of hydrogen-bond acceptors (Lipinski definition) is 3. The third-order valence-electron chi connectivity index (χ3n) is 4.12. The first-order valence-electron chi connectivity index (χ1n) is 7.14. The van der Waals surface area contributed by atoms with Gasteiger partial charge in [-0.25, -0.2) is 0 Å². The maximum Gasteiger partial charge on any atom is 0.231 e. The zero-order valence-corrected chi connectivity index (χ0v) is 11.2. The Bertz CT molecular complexity index is 480. The van der Waals surface area contributed by atoms with Crippen LogP contribution in [-0.2, 0) is 17.6 Å². The van der Waals surface area contributed by atoms with Crippen molar-refractivity contribution in [1.29, 1.82) is 0 Å². The van der Waals surface area contributed by atoms with E-state index in [2.05, 4.69) is 23.5 Å². The van der Waals surface area contributed by atoms with Crippen LogP contribution in [0.25, 0.3) is 0 Å². The molecule has 4 heteroatoms. The number of benzene rings is 1. The van der Waals surface area contributed by atoms with Gasteiger partial charge in [-0.3, -0.25) is 4.79 Å². The van der Waals surface area contributed by atoms with Crippen LogP contribution in [0.5, 0.6) is 0 Å². The molecule has 1 saturated heterocycles. The van der Waals surface area contributed by atoms with Gasteiger partial charge in [0, 0.05) is 11.7 Å². The minimum atomic E-state index is 0.256. The molecule has 2 heterocycles. The Morgan fingerprint density at radius 3 is 2.84 bits per heavy atom. The van der Waals surface area contributed by atoms with E-state index in [4.69, 9.17) is 5.73 Å². The second-order valence-electron chi connectivity index (χ2n) is 5.42. The SMILES string of the molecule is NCCc1ccc2c(c1)CC(=O)N2C1CCNCC1. The highest BCUT2D eigenvalue weighted by atomic mass is 16.2. The predicted octanol–water partition coefficient (Wildman–Crippen LogP) is 0.829. The van der Waals surface area contributed by atoms with Crippen LogP contribution in [-0.4, -0.2) is 31.6 Å². The minimum Gasteiger partial charge on any atom is -0.330 e. The van der Waals surface area contributed by atoms with E-state index in [1.54, 1.807) is 0 Å². The highest BCUT2D eigenvalue weighted by Gasteiger charge is 2.33. The molecular formula is C15H21N3O. The van der Waals surface area contributed by atoms with Gasteiger partial charge in [-0.2, -0.15) is 0 Å².